The average Bonchev–Trinajstić information content (AvgIpc) is 2.89. The summed E-state index contributed by atoms with van der Waals surface area (Å²) in [4.78, 5) is 14.1. The zero-order valence-electron chi connectivity index (χ0n) is 12.8. The summed E-state index contributed by atoms with van der Waals surface area (Å²) in [6, 6.07) is 7.62. The summed E-state index contributed by atoms with van der Waals surface area (Å²) >= 11 is 0. The summed E-state index contributed by atoms with van der Waals surface area (Å²) in [7, 11) is 3.93. The Balaban J connectivity index is 1.82. The van der Waals surface area contributed by atoms with Gasteiger partial charge in [-0.1, -0.05) is 6.07 Å². The minimum absolute atomic E-state index is 0.0254. The van der Waals surface area contributed by atoms with Gasteiger partial charge in [0.2, 0.25) is 0 Å². The van der Waals surface area contributed by atoms with Gasteiger partial charge in [0.1, 0.15) is 0 Å². The molecular formula is C16H22N4O. The van der Waals surface area contributed by atoms with Crippen LogP contribution in [0.25, 0.3) is 0 Å². The van der Waals surface area contributed by atoms with Crippen molar-refractivity contribution in [3.05, 3.63) is 47.3 Å². The standard InChI is InChI=1S/C16H22N4O/c1-12-14(11-18-19-12)7-5-9-17-16(21)13-6-4-8-15(10-13)20(2)3/h4,6,8,10-11H,5,7,9H2,1-3H3,(H,17,21)(H,18,19). The van der Waals surface area contributed by atoms with Crippen molar-refractivity contribution < 1.29 is 4.79 Å². The van der Waals surface area contributed by atoms with E-state index in [1.807, 2.05) is 56.4 Å². The summed E-state index contributed by atoms with van der Waals surface area (Å²) in [5, 5.41) is 9.87. The molecule has 0 unspecified atom stereocenters. The maximum atomic E-state index is 12.1. The van der Waals surface area contributed by atoms with Crippen LogP contribution in [0.5, 0.6) is 0 Å². The third-order valence-electron chi connectivity index (χ3n) is 3.47. The number of aromatic amines is 1. The Morgan fingerprint density at radius 2 is 2.19 bits per heavy atom. The first kappa shape index (κ1) is 15.1. The summed E-state index contributed by atoms with van der Waals surface area (Å²) in [5.41, 5.74) is 4.02. The molecule has 1 heterocycles. The number of hydrogen-bond acceptors (Lipinski definition) is 3. The van der Waals surface area contributed by atoms with E-state index in [4.69, 9.17) is 0 Å². The molecule has 0 atom stereocenters. The molecule has 21 heavy (non-hydrogen) atoms. The fraction of sp³-hybridized carbons (Fsp3) is 0.375. The van der Waals surface area contributed by atoms with Crippen molar-refractivity contribution in [2.45, 2.75) is 19.8 Å². The highest BCUT2D eigenvalue weighted by molar-refractivity contribution is 5.95. The number of nitrogens with one attached hydrogen (secondary N) is 2. The van der Waals surface area contributed by atoms with Gasteiger partial charge < -0.3 is 10.2 Å². The van der Waals surface area contributed by atoms with Crippen LogP contribution in [0, 0.1) is 6.92 Å². The second-order valence-corrected chi connectivity index (χ2v) is 5.32. The molecule has 1 amide bonds. The lowest BCUT2D eigenvalue weighted by atomic mass is 10.1. The van der Waals surface area contributed by atoms with E-state index in [1.54, 1.807) is 0 Å². The van der Waals surface area contributed by atoms with Crippen LogP contribution in [0.3, 0.4) is 0 Å². The minimum Gasteiger partial charge on any atom is -0.378 e. The molecular weight excluding hydrogens is 264 g/mol. The third kappa shape index (κ3) is 4.08. The van der Waals surface area contributed by atoms with E-state index >= 15 is 0 Å². The number of aryl methyl sites for hydroxylation is 2. The van der Waals surface area contributed by atoms with Crippen LogP contribution in [0.2, 0.25) is 0 Å². The molecule has 0 saturated carbocycles. The van der Waals surface area contributed by atoms with Crippen molar-refractivity contribution >= 4 is 11.6 Å². The minimum atomic E-state index is -0.0254. The first-order valence-electron chi connectivity index (χ1n) is 7.12. The van der Waals surface area contributed by atoms with Gasteiger partial charge in [-0.05, 0) is 43.5 Å². The summed E-state index contributed by atoms with van der Waals surface area (Å²) in [6.07, 6.45) is 3.66. The Kier molecular flexibility index (Phi) is 4.98. The van der Waals surface area contributed by atoms with Gasteiger partial charge >= 0.3 is 0 Å². The predicted molar refractivity (Wildman–Crippen MR) is 84.7 cm³/mol. The number of H-pyrrole nitrogens is 1. The summed E-state index contributed by atoms with van der Waals surface area (Å²) < 4.78 is 0. The van der Waals surface area contributed by atoms with Crippen molar-refractivity contribution in [1.29, 1.82) is 0 Å². The Hall–Kier alpha value is -2.30. The van der Waals surface area contributed by atoms with E-state index in [-0.39, 0.29) is 5.91 Å². The fourth-order valence-corrected chi connectivity index (χ4v) is 2.14. The van der Waals surface area contributed by atoms with Gasteiger partial charge in [0.05, 0.1) is 6.20 Å². The lowest BCUT2D eigenvalue weighted by molar-refractivity contribution is 0.0953. The molecule has 1 aromatic carbocycles. The highest BCUT2D eigenvalue weighted by atomic mass is 16.1. The normalized spacial score (nSPS) is 10.4. The number of aromatic nitrogens is 2. The summed E-state index contributed by atoms with van der Waals surface area (Å²) in [6.45, 7) is 2.67. The lowest BCUT2D eigenvalue weighted by Gasteiger charge is -2.13. The van der Waals surface area contributed by atoms with E-state index < -0.39 is 0 Å². The quantitative estimate of drug-likeness (QED) is 0.800. The van der Waals surface area contributed by atoms with Crippen LogP contribution in [0.4, 0.5) is 5.69 Å². The highest BCUT2D eigenvalue weighted by Crippen LogP contribution is 2.13. The van der Waals surface area contributed by atoms with E-state index in [0.717, 1.165) is 24.2 Å². The van der Waals surface area contributed by atoms with Crippen LogP contribution < -0.4 is 10.2 Å². The number of nitrogens with zero attached hydrogens (tertiary/aromatic N) is 2. The first-order valence-corrected chi connectivity index (χ1v) is 7.12. The Morgan fingerprint density at radius 1 is 1.38 bits per heavy atom. The monoisotopic (exact) mass is 286 g/mol. The summed E-state index contributed by atoms with van der Waals surface area (Å²) in [5.74, 6) is -0.0254. The maximum absolute atomic E-state index is 12.1. The van der Waals surface area contributed by atoms with Crippen LogP contribution in [0.15, 0.2) is 30.5 Å². The number of rotatable bonds is 6. The highest BCUT2D eigenvalue weighted by Gasteiger charge is 2.07. The molecule has 0 aliphatic heterocycles. The van der Waals surface area contributed by atoms with Crippen LogP contribution >= 0.6 is 0 Å². The Bertz CT molecular complexity index is 604. The molecule has 112 valence electrons. The second kappa shape index (κ2) is 6.92. The van der Waals surface area contributed by atoms with Crippen LogP contribution in [-0.2, 0) is 6.42 Å². The van der Waals surface area contributed by atoms with E-state index in [2.05, 4.69) is 15.5 Å². The lowest BCUT2D eigenvalue weighted by Crippen LogP contribution is -2.25. The molecule has 2 aromatic rings. The predicted octanol–water partition coefficient (Wildman–Crippen LogP) is 2.15. The topological polar surface area (TPSA) is 61.0 Å². The van der Waals surface area contributed by atoms with Gasteiger partial charge in [0.15, 0.2) is 0 Å². The Labute approximate surface area is 125 Å². The zero-order chi connectivity index (χ0) is 15.2. The molecule has 5 heteroatoms. The van der Waals surface area contributed by atoms with Crippen LogP contribution in [0.1, 0.15) is 28.0 Å². The first-order chi connectivity index (χ1) is 10.1. The van der Waals surface area contributed by atoms with Crippen molar-refractivity contribution in [3.63, 3.8) is 0 Å². The molecule has 0 aliphatic rings. The number of hydrogen-bond donors (Lipinski definition) is 2. The number of carbonyl (C=O) groups is 1. The van der Waals surface area contributed by atoms with Gasteiger partial charge in [-0.2, -0.15) is 5.10 Å². The number of benzene rings is 1. The number of carbonyl (C=O) groups excluding carboxylic acids is 1. The van der Waals surface area contributed by atoms with Gasteiger partial charge in [-0.25, -0.2) is 0 Å². The number of amides is 1. The van der Waals surface area contributed by atoms with Crippen molar-refractivity contribution in [1.82, 2.24) is 15.5 Å². The van der Waals surface area contributed by atoms with E-state index in [9.17, 15) is 4.79 Å². The maximum Gasteiger partial charge on any atom is 0.251 e. The zero-order valence-corrected chi connectivity index (χ0v) is 12.8. The fourth-order valence-electron chi connectivity index (χ4n) is 2.14. The molecule has 0 spiro atoms. The van der Waals surface area contributed by atoms with Crippen molar-refractivity contribution in [2.75, 3.05) is 25.5 Å². The van der Waals surface area contributed by atoms with Crippen molar-refractivity contribution in [3.8, 4) is 0 Å². The molecule has 0 bridgehead atoms. The number of anilines is 1. The third-order valence-corrected chi connectivity index (χ3v) is 3.47. The Morgan fingerprint density at radius 3 is 2.86 bits per heavy atom. The van der Waals surface area contributed by atoms with Crippen molar-refractivity contribution in [2.24, 2.45) is 0 Å². The molecule has 1 aromatic heterocycles. The van der Waals surface area contributed by atoms with Gasteiger partial charge in [-0.15, -0.1) is 0 Å². The van der Waals surface area contributed by atoms with Gasteiger partial charge in [-0.3, -0.25) is 9.89 Å². The average molecular weight is 286 g/mol. The molecule has 0 saturated heterocycles. The van der Waals surface area contributed by atoms with Gasteiger partial charge in [0, 0.05) is 37.6 Å². The second-order valence-electron chi connectivity index (χ2n) is 5.32. The molecule has 0 aliphatic carbocycles. The largest absolute Gasteiger partial charge is 0.378 e. The van der Waals surface area contributed by atoms with E-state index in [1.165, 1.54) is 5.56 Å². The molecule has 0 fully saturated rings. The van der Waals surface area contributed by atoms with E-state index in [0.29, 0.717) is 12.1 Å². The molecule has 2 rings (SSSR count). The van der Waals surface area contributed by atoms with Gasteiger partial charge in [0.25, 0.3) is 5.91 Å². The molecule has 0 radical (unpaired) electrons. The smallest absolute Gasteiger partial charge is 0.251 e. The molecule has 2 N–H and O–H groups in total. The molecule has 5 nitrogen and oxygen atoms in total. The van der Waals surface area contributed by atoms with Crippen LogP contribution in [-0.4, -0.2) is 36.7 Å². The SMILES string of the molecule is Cc1[nH]ncc1CCCNC(=O)c1cccc(N(C)C)c1.